The highest BCUT2D eigenvalue weighted by Crippen LogP contribution is 2.39. The Hall–Kier alpha value is -4.93. The second-order valence-electron chi connectivity index (χ2n) is 10.8. The fraction of sp³-hybridized carbons (Fsp3) is 0.267. The van der Waals surface area contributed by atoms with Crippen molar-refractivity contribution >= 4 is 45.9 Å². The number of aromatic nitrogens is 4. The Kier molecular flexibility index (Phi) is 9.03. The van der Waals surface area contributed by atoms with Gasteiger partial charge in [0.15, 0.2) is 16.8 Å². The maximum Gasteiger partial charge on any atom is 0.418 e. The largest absolute Gasteiger partial charge is 0.418 e. The van der Waals surface area contributed by atoms with E-state index in [4.69, 9.17) is 0 Å². The fourth-order valence-corrected chi connectivity index (χ4v) is 5.48. The fourth-order valence-electron chi connectivity index (χ4n) is 4.63. The molecule has 1 aliphatic heterocycles. The van der Waals surface area contributed by atoms with Gasteiger partial charge in [-0.1, -0.05) is 31.7 Å². The first-order valence-corrected chi connectivity index (χ1v) is 14.8. The average molecular weight is 677 g/mol. The molecule has 0 aliphatic carbocycles. The number of amidine groups is 1. The van der Waals surface area contributed by atoms with E-state index in [1.165, 1.54) is 11.0 Å². The van der Waals surface area contributed by atoms with Crippen molar-refractivity contribution in [2.75, 3.05) is 35.0 Å². The Labute approximate surface area is 268 Å². The van der Waals surface area contributed by atoms with Crippen molar-refractivity contribution in [1.82, 2.24) is 19.7 Å². The van der Waals surface area contributed by atoms with Crippen LogP contribution in [0.25, 0.3) is 17.2 Å². The Bertz CT molecular complexity index is 1850. The molecule has 2 aromatic heterocycles. The van der Waals surface area contributed by atoms with Gasteiger partial charge in [-0.15, -0.1) is 5.10 Å². The normalized spacial score (nSPS) is 14.7. The van der Waals surface area contributed by atoms with Crippen molar-refractivity contribution in [3.8, 4) is 17.2 Å². The van der Waals surface area contributed by atoms with Crippen LogP contribution in [0.4, 0.5) is 48.2 Å². The van der Waals surface area contributed by atoms with Crippen LogP contribution in [0.1, 0.15) is 36.5 Å². The molecule has 0 bridgehead atoms. The van der Waals surface area contributed by atoms with Gasteiger partial charge in [-0.3, -0.25) is 9.69 Å². The predicted octanol–water partition coefficient (Wildman–Crippen LogP) is 7.22. The number of rotatable bonds is 6. The average Bonchev–Trinajstić information content (AvgIpc) is 3.63. The Morgan fingerprint density at radius 3 is 2.36 bits per heavy atom. The standard InChI is InChI=1S/C30H26F6N8O2S/c1-16(2)20-8-7-19(42(3)4)12-23(20)44-25(45)14-47-28(44)40-27(46)39-22-9-5-17(11-21(22)30(34,35)36)26-38-15-43(41-26)24-10-6-18(13-37-24)29(31,32)33/h5-13,15-16H,14H2,1-4H3,(H,39,46). The van der Waals surface area contributed by atoms with Gasteiger partial charge in [-0.25, -0.2) is 19.4 Å². The third-order valence-electron chi connectivity index (χ3n) is 6.98. The maximum absolute atomic E-state index is 14.2. The molecule has 3 heterocycles. The molecule has 0 spiro atoms. The van der Waals surface area contributed by atoms with Gasteiger partial charge in [-0.05, 0) is 53.9 Å². The first-order chi connectivity index (χ1) is 22.0. The molecule has 3 amide bonds. The van der Waals surface area contributed by atoms with Crippen LogP contribution < -0.4 is 15.1 Å². The number of thioether (sulfide) groups is 1. The molecule has 4 aromatic rings. The number of nitrogens with zero attached hydrogens (tertiary/aromatic N) is 7. The Balaban J connectivity index is 1.42. The topological polar surface area (TPSA) is 109 Å². The highest BCUT2D eigenvalue weighted by atomic mass is 32.2. The van der Waals surface area contributed by atoms with Crippen LogP contribution in [0.5, 0.6) is 0 Å². The van der Waals surface area contributed by atoms with E-state index in [9.17, 15) is 35.9 Å². The molecule has 0 unspecified atom stereocenters. The van der Waals surface area contributed by atoms with E-state index in [1.807, 2.05) is 45.0 Å². The highest BCUT2D eigenvalue weighted by molar-refractivity contribution is 8.15. The first kappa shape index (κ1) is 33.4. The highest BCUT2D eigenvalue weighted by Gasteiger charge is 2.36. The van der Waals surface area contributed by atoms with Crippen molar-refractivity contribution in [1.29, 1.82) is 0 Å². The van der Waals surface area contributed by atoms with Crippen molar-refractivity contribution in [2.45, 2.75) is 32.1 Å². The molecule has 0 atom stereocenters. The third-order valence-corrected chi connectivity index (χ3v) is 7.91. The number of pyridine rings is 1. The number of nitrogens with one attached hydrogen (secondary N) is 1. The van der Waals surface area contributed by atoms with Crippen molar-refractivity contribution in [2.24, 2.45) is 4.99 Å². The van der Waals surface area contributed by atoms with Gasteiger partial charge in [0.2, 0.25) is 5.91 Å². The molecule has 47 heavy (non-hydrogen) atoms. The maximum atomic E-state index is 14.2. The van der Waals surface area contributed by atoms with Crippen molar-refractivity contribution < 1.29 is 35.9 Å². The van der Waals surface area contributed by atoms with E-state index in [0.29, 0.717) is 11.9 Å². The zero-order valence-electron chi connectivity index (χ0n) is 25.2. The van der Waals surface area contributed by atoms with Crippen LogP contribution >= 0.6 is 11.8 Å². The summed E-state index contributed by atoms with van der Waals surface area (Å²) in [5, 5.41) is 6.23. The monoisotopic (exact) mass is 676 g/mol. The van der Waals surface area contributed by atoms with Gasteiger partial charge in [-0.2, -0.15) is 31.3 Å². The summed E-state index contributed by atoms with van der Waals surface area (Å²) in [4.78, 5) is 40.7. The lowest BCUT2D eigenvalue weighted by Gasteiger charge is -2.24. The van der Waals surface area contributed by atoms with E-state index in [1.54, 1.807) is 6.07 Å². The second-order valence-corrected chi connectivity index (χ2v) is 11.8. The second kappa shape index (κ2) is 12.7. The number of alkyl halides is 6. The van der Waals surface area contributed by atoms with Crippen LogP contribution in [0.15, 0.2) is 66.0 Å². The van der Waals surface area contributed by atoms with Crippen LogP contribution in [0, 0.1) is 0 Å². The summed E-state index contributed by atoms with van der Waals surface area (Å²) >= 11 is 0.989. The molecular weight excluding hydrogens is 650 g/mol. The molecule has 1 N–H and O–H groups in total. The van der Waals surface area contributed by atoms with Gasteiger partial charge in [0.1, 0.15) is 6.33 Å². The molecule has 5 rings (SSSR count). The molecule has 10 nitrogen and oxygen atoms in total. The lowest BCUT2D eigenvalue weighted by Crippen LogP contribution is -2.31. The van der Waals surface area contributed by atoms with Gasteiger partial charge in [0.05, 0.1) is 28.3 Å². The number of amides is 3. The number of halogens is 6. The first-order valence-electron chi connectivity index (χ1n) is 13.9. The van der Waals surface area contributed by atoms with E-state index in [-0.39, 0.29) is 40.0 Å². The van der Waals surface area contributed by atoms with Crippen LogP contribution in [0.2, 0.25) is 0 Å². The molecule has 0 radical (unpaired) electrons. The number of urea groups is 1. The number of carbonyl (C=O) groups excluding carboxylic acids is 2. The molecule has 246 valence electrons. The summed E-state index contributed by atoms with van der Waals surface area (Å²) in [6, 6.07) is 9.23. The lowest BCUT2D eigenvalue weighted by molar-refractivity contribution is -0.138. The summed E-state index contributed by atoms with van der Waals surface area (Å²) < 4.78 is 82.1. The predicted molar refractivity (Wildman–Crippen MR) is 166 cm³/mol. The zero-order valence-corrected chi connectivity index (χ0v) is 26.0. The van der Waals surface area contributed by atoms with Crippen molar-refractivity contribution in [3.63, 3.8) is 0 Å². The quantitative estimate of drug-likeness (QED) is 0.215. The molecule has 1 fully saturated rings. The summed E-state index contributed by atoms with van der Waals surface area (Å²) in [7, 11) is 3.66. The minimum atomic E-state index is -4.92. The summed E-state index contributed by atoms with van der Waals surface area (Å²) in [5.41, 5.74) is -0.756. The SMILES string of the molecule is CC(C)c1ccc(N(C)C)cc1N1C(=O)CSC1=NC(=O)Nc1ccc(-c2ncn(-c3ccc(C(F)(F)F)cn3)n2)cc1C(F)(F)F. The number of hydrogen-bond donors (Lipinski definition) is 1. The summed E-state index contributed by atoms with van der Waals surface area (Å²) in [5.74, 6) is -0.553. The summed E-state index contributed by atoms with van der Waals surface area (Å²) in [6.45, 7) is 3.89. The molecule has 17 heteroatoms. The minimum absolute atomic E-state index is 0.00892. The molecule has 2 aromatic carbocycles. The van der Waals surface area contributed by atoms with E-state index in [2.05, 4.69) is 25.4 Å². The van der Waals surface area contributed by atoms with Gasteiger partial charge in [0.25, 0.3) is 0 Å². The van der Waals surface area contributed by atoms with Crippen LogP contribution in [0.3, 0.4) is 0 Å². The molecule has 0 saturated carbocycles. The smallest absolute Gasteiger partial charge is 0.378 e. The van der Waals surface area contributed by atoms with Crippen molar-refractivity contribution in [3.05, 3.63) is 77.7 Å². The number of anilines is 3. The van der Waals surface area contributed by atoms with E-state index >= 15 is 0 Å². The Morgan fingerprint density at radius 1 is 1.00 bits per heavy atom. The number of benzene rings is 2. The van der Waals surface area contributed by atoms with Gasteiger partial charge in [0, 0.05) is 31.5 Å². The molecular formula is C30H26F6N8O2S. The third kappa shape index (κ3) is 7.24. The molecule has 1 saturated heterocycles. The summed E-state index contributed by atoms with van der Waals surface area (Å²) in [6.07, 6.45) is -7.83. The Morgan fingerprint density at radius 2 is 1.74 bits per heavy atom. The van der Waals surface area contributed by atoms with Crippen LogP contribution in [-0.4, -0.2) is 56.7 Å². The zero-order chi connectivity index (χ0) is 34.3. The van der Waals surface area contributed by atoms with Gasteiger partial charge < -0.3 is 10.2 Å². The number of aliphatic imine (C=N–C) groups is 1. The van der Waals surface area contributed by atoms with Gasteiger partial charge >= 0.3 is 18.4 Å². The number of carbonyl (C=O) groups is 2. The number of hydrogen-bond acceptors (Lipinski definition) is 7. The van der Waals surface area contributed by atoms with Crippen LogP contribution in [-0.2, 0) is 17.1 Å². The minimum Gasteiger partial charge on any atom is -0.378 e. The van der Waals surface area contributed by atoms with E-state index in [0.717, 1.165) is 58.3 Å². The lowest BCUT2D eigenvalue weighted by atomic mass is 9.99. The van der Waals surface area contributed by atoms with E-state index < -0.39 is 35.2 Å². The molecule has 1 aliphatic rings.